The summed E-state index contributed by atoms with van der Waals surface area (Å²) in [7, 11) is 4.45. The summed E-state index contributed by atoms with van der Waals surface area (Å²) in [6, 6.07) is 11.1. The number of anilines is 1. The van der Waals surface area contributed by atoms with Crippen LogP contribution in [0.5, 0.6) is 17.2 Å². The predicted octanol–water partition coefficient (Wildman–Crippen LogP) is 2.74. The Bertz CT molecular complexity index is 987. The number of hydrogen-bond donors (Lipinski definition) is 1. The second-order valence-corrected chi connectivity index (χ2v) is 7.38. The van der Waals surface area contributed by atoms with E-state index in [1.54, 1.807) is 36.4 Å². The number of methoxy groups -OCH3 is 3. The van der Waals surface area contributed by atoms with Gasteiger partial charge in [0.15, 0.2) is 11.5 Å². The Hall–Kier alpha value is -3.38. The summed E-state index contributed by atoms with van der Waals surface area (Å²) in [5.74, 6) is 1.39. The Morgan fingerprint density at radius 3 is 2.30 bits per heavy atom. The van der Waals surface area contributed by atoms with Crippen molar-refractivity contribution in [3.8, 4) is 23.3 Å². The van der Waals surface area contributed by atoms with Crippen molar-refractivity contribution in [3.63, 3.8) is 0 Å². The molecule has 2 aromatic carbocycles. The predicted molar refractivity (Wildman–Crippen MR) is 113 cm³/mol. The van der Waals surface area contributed by atoms with Gasteiger partial charge in [0.05, 0.1) is 44.4 Å². The van der Waals surface area contributed by atoms with Crippen LogP contribution in [0.4, 0.5) is 5.69 Å². The van der Waals surface area contributed by atoms with Gasteiger partial charge in [0, 0.05) is 23.6 Å². The Morgan fingerprint density at radius 1 is 1.07 bits per heavy atom. The molecule has 1 saturated heterocycles. The second-order valence-electron chi connectivity index (χ2n) is 6.38. The molecule has 30 heavy (non-hydrogen) atoms. The highest BCUT2D eigenvalue weighted by Crippen LogP contribution is 2.36. The topological polar surface area (TPSA) is 101 Å². The number of nitriles is 1. The molecule has 2 aromatic rings. The maximum atomic E-state index is 13.3. The number of rotatable bonds is 6. The molecule has 1 aliphatic rings. The van der Waals surface area contributed by atoms with Crippen molar-refractivity contribution < 1.29 is 23.8 Å². The fourth-order valence-electron chi connectivity index (χ4n) is 3.06. The molecule has 1 heterocycles. The molecule has 3 rings (SSSR count). The summed E-state index contributed by atoms with van der Waals surface area (Å²) < 4.78 is 15.9. The van der Waals surface area contributed by atoms with Crippen LogP contribution in [0, 0.1) is 11.3 Å². The molecular weight excluding hydrogens is 406 g/mol. The van der Waals surface area contributed by atoms with Crippen LogP contribution >= 0.6 is 11.8 Å². The third-order valence-corrected chi connectivity index (χ3v) is 5.68. The summed E-state index contributed by atoms with van der Waals surface area (Å²) >= 11 is 1.49. The zero-order chi connectivity index (χ0) is 21.7. The molecule has 1 N–H and O–H groups in total. The number of amides is 2. The molecule has 0 aromatic heterocycles. The van der Waals surface area contributed by atoms with E-state index in [1.165, 1.54) is 38.0 Å². The first kappa shape index (κ1) is 21.3. The molecule has 156 valence electrons. The standard InChI is InChI=1S/C21H21N3O5S/c1-27-17-9-19(29-3)18(28-2)8-15(17)21(26)24-12-30-11-16(24)20(25)23-14-6-4-13(10-22)5-7-14/h4-9,16H,11-12H2,1-3H3,(H,23,25). The highest BCUT2D eigenvalue weighted by atomic mass is 32.2. The summed E-state index contributed by atoms with van der Waals surface area (Å²) in [4.78, 5) is 27.6. The molecule has 0 radical (unpaired) electrons. The highest BCUT2D eigenvalue weighted by molar-refractivity contribution is 7.99. The molecule has 1 atom stereocenters. The smallest absolute Gasteiger partial charge is 0.259 e. The minimum Gasteiger partial charge on any atom is -0.496 e. The maximum Gasteiger partial charge on any atom is 0.259 e. The van der Waals surface area contributed by atoms with Crippen LogP contribution in [0.1, 0.15) is 15.9 Å². The number of carbonyl (C=O) groups is 2. The van der Waals surface area contributed by atoms with Gasteiger partial charge in [0.2, 0.25) is 5.91 Å². The number of hydrogen-bond acceptors (Lipinski definition) is 7. The average Bonchev–Trinajstić information content (AvgIpc) is 3.28. The number of nitrogens with zero attached hydrogens (tertiary/aromatic N) is 2. The molecule has 1 unspecified atom stereocenters. The van der Waals surface area contributed by atoms with E-state index in [2.05, 4.69) is 5.32 Å². The van der Waals surface area contributed by atoms with E-state index >= 15 is 0 Å². The lowest BCUT2D eigenvalue weighted by molar-refractivity contribution is -0.119. The molecule has 0 saturated carbocycles. The average molecular weight is 427 g/mol. The quantitative estimate of drug-likeness (QED) is 0.756. The first-order chi connectivity index (χ1) is 14.5. The lowest BCUT2D eigenvalue weighted by Crippen LogP contribution is -2.44. The zero-order valence-corrected chi connectivity index (χ0v) is 17.6. The van der Waals surface area contributed by atoms with Crippen LogP contribution in [0.25, 0.3) is 0 Å². The molecular formula is C21H21N3O5S. The number of nitrogens with one attached hydrogen (secondary N) is 1. The monoisotopic (exact) mass is 427 g/mol. The van der Waals surface area contributed by atoms with Crippen molar-refractivity contribution in [2.45, 2.75) is 6.04 Å². The van der Waals surface area contributed by atoms with Gasteiger partial charge in [0.25, 0.3) is 5.91 Å². The zero-order valence-electron chi connectivity index (χ0n) is 16.8. The molecule has 0 spiro atoms. The Kier molecular flexibility index (Phi) is 6.69. The van der Waals surface area contributed by atoms with Gasteiger partial charge in [-0.05, 0) is 24.3 Å². The van der Waals surface area contributed by atoms with Gasteiger partial charge in [-0.15, -0.1) is 11.8 Å². The number of carbonyl (C=O) groups excluding carboxylic acids is 2. The fraction of sp³-hybridized carbons (Fsp3) is 0.286. The van der Waals surface area contributed by atoms with Crippen molar-refractivity contribution in [1.82, 2.24) is 4.90 Å². The van der Waals surface area contributed by atoms with Gasteiger partial charge in [-0.2, -0.15) is 5.26 Å². The van der Waals surface area contributed by atoms with Crippen molar-refractivity contribution in [2.75, 3.05) is 38.3 Å². The second kappa shape index (κ2) is 9.41. The van der Waals surface area contributed by atoms with Crippen molar-refractivity contribution in [3.05, 3.63) is 47.5 Å². The van der Waals surface area contributed by atoms with E-state index in [9.17, 15) is 9.59 Å². The van der Waals surface area contributed by atoms with E-state index < -0.39 is 6.04 Å². The van der Waals surface area contributed by atoms with Crippen molar-refractivity contribution >= 4 is 29.3 Å². The van der Waals surface area contributed by atoms with Crippen LogP contribution in [-0.4, -0.2) is 55.7 Å². The van der Waals surface area contributed by atoms with E-state index in [4.69, 9.17) is 19.5 Å². The van der Waals surface area contributed by atoms with E-state index in [-0.39, 0.29) is 17.4 Å². The summed E-state index contributed by atoms with van der Waals surface area (Å²) in [6.45, 7) is 0. The fourth-order valence-corrected chi connectivity index (χ4v) is 4.22. The highest BCUT2D eigenvalue weighted by Gasteiger charge is 2.36. The largest absolute Gasteiger partial charge is 0.496 e. The summed E-state index contributed by atoms with van der Waals surface area (Å²) in [5, 5.41) is 11.7. The Morgan fingerprint density at radius 2 is 1.70 bits per heavy atom. The normalized spacial score (nSPS) is 15.3. The summed E-state index contributed by atoms with van der Waals surface area (Å²) in [5.41, 5.74) is 1.35. The lowest BCUT2D eigenvalue weighted by Gasteiger charge is -2.24. The van der Waals surface area contributed by atoms with E-state index in [0.717, 1.165) is 0 Å². The number of thioether (sulfide) groups is 1. The molecule has 2 amide bonds. The molecule has 0 aliphatic carbocycles. The minimum atomic E-state index is -0.643. The van der Waals surface area contributed by atoms with E-state index in [1.807, 2.05) is 6.07 Å². The lowest BCUT2D eigenvalue weighted by atomic mass is 10.1. The molecule has 8 nitrogen and oxygen atoms in total. The molecule has 1 fully saturated rings. The molecule has 1 aliphatic heterocycles. The van der Waals surface area contributed by atoms with Gasteiger partial charge in [-0.3, -0.25) is 9.59 Å². The third-order valence-electron chi connectivity index (χ3n) is 4.66. The minimum absolute atomic E-state index is 0.286. The third kappa shape index (κ3) is 4.28. The van der Waals surface area contributed by atoms with E-state index in [0.29, 0.717) is 40.1 Å². The number of benzene rings is 2. The summed E-state index contributed by atoms with van der Waals surface area (Å²) in [6.07, 6.45) is 0. The van der Waals surface area contributed by atoms with Crippen LogP contribution in [0.15, 0.2) is 36.4 Å². The van der Waals surface area contributed by atoms with Crippen LogP contribution in [-0.2, 0) is 4.79 Å². The van der Waals surface area contributed by atoms with Gasteiger partial charge >= 0.3 is 0 Å². The van der Waals surface area contributed by atoms with Crippen LogP contribution < -0.4 is 19.5 Å². The first-order valence-electron chi connectivity index (χ1n) is 9.02. The van der Waals surface area contributed by atoms with Gasteiger partial charge in [-0.1, -0.05) is 0 Å². The van der Waals surface area contributed by atoms with Gasteiger partial charge < -0.3 is 24.4 Å². The van der Waals surface area contributed by atoms with Crippen LogP contribution in [0.2, 0.25) is 0 Å². The van der Waals surface area contributed by atoms with Crippen molar-refractivity contribution in [1.29, 1.82) is 5.26 Å². The maximum absolute atomic E-state index is 13.3. The SMILES string of the molecule is COc1cc(OC)c(C(=O)N2CSCC2C(=O)Nc2ccc(C#N)cc2)cc1OC. The number of ether oxygens (including phenoxy) is 3. The molecule has 9 heteroatoms. The first-order valence-corrected chi connectivity index (χ1v) is 10.2. The Balaban J connectivity index is 1.83. The van der Waals surface area contributed by atoms with Gasteiger partial charge in [0.1, 0.15) is 11.8 Å². The van der Waals surface area contributed by atoms with Crippen molar-refractivity contribution in [2.24, 2.45) is 0 Å². The van der Waals surface area contributed by atoms with Gasteiger partial charge in [-0.25, -0.2) is 0 Å². The Labute approximate surface area is 178 Å². The molecule has 0 bridgehead atoms. The van der Waals surface area contributed by atoms with Crippen LogP contribution in [0.3, 0.4) is 0 Å².